The van der Waals surface area contributed by atoms with E-state index in [1.807, 2.05) is 6.07 Å². The summed E-state index contributed by atoms with van der Waals surface area (Å²) in [7, 11) is 0. The van der Waals surface area contributed by atoms with Gasteiger partial charge < -0.3 is 10.0 Å². The van der Waals surface area contributed by atoms with Crippen molar-refractivity contribution in [3.05, 3.63) is 29.3 Å². The SMILES string of the molecule is O=C(O)c1cccc2c1CCCN2C1CCN(C2CC2)C1. The predicted molar refractivity (Wildman–Crippen MR) is 82.1 cm³/mol. The molecule has 3 aliphatic rings. The van der Waals surface area contributed by atoms with Gasteiger partial charge in [0.15, 0.2) is 0 Å². The zero-order valence-electron chi connectivity index (χ0n) is 12.3. The summed E-state index contributed by atoms with van der Waals surface area (Å²) in [6, 6.07) is 7.16. The van der Waals surface area contributed by atoms with E-state index in [2.05, 4.69) is 15.9 Å². The van der Waals surface area contributed by atoms with Gasteiger partial charge in [-0.3, -0.25) is 4.90 Å². The van der Waals surface area contributed by atoms with Gasteiger partial charge in [0.2, 0.25) is 0 Å². The van der Waals surface area contributed by atoms with Gasteiger partial charge in [0.05, 0.1) is 5.56 Å². The van der Waals surface area contributed by atoms with Crippen LogP contribution in [-0.4, -0.2) is 47.7 Å². The molecular formula is C17H22N2O2. The van der Waals surface area contributed by atoms with Crippen molar-refractivity contribution in [2.75, 3.05) is 24.5 Å². The highest BCUT2D eigenvalue weighted by molar-refractivity contribution is 5.91. The molecule has 2 fully saturated rings. The van der Waals surface area contributed by atoms with Gasteiger partial charge in [-0.1, -0.05) is 6.07 Å². The van der Waals surface area contributed by atoms with Crippen molar-refractivity contribution in [1.82, 2.24) is 4.90 Å². The lowest BCUT2D eigenvalue weighted by Gasteiger charge is -2.36. The number of carbonyl (C=O) groups is 1. The van der Waals surface area contributed by atoms with Crippen molar-refractivity contribution in [3.63, 3.8) is 0 Å². The molecule has 112 valence electrons. The number of hydrogen-bond acceptors (Lipinski definition) is 3. The molecule has 0 spiro atoms. The van der Waals surface area contributed by atoms with E-state index in [0.29, 0.717) is 11.6 Å². The fourth-order valence-electron chi connectivity index (χ4n) is 4.03. The Hall–Kier alpha value is -1.55. The standard InChI is InChI=1S/C17H22N2O2/c20-17(21)15-3-1-5-16-14(15)4-2-9-19(16)13-8-10-18(11-13)12-6-7-12/h1,3,5,12-13H,2,4,6-11H2,(H,20,21). The van der Waals surface area contributed by atoms with Gasteiger partial charge in [0, 0.05) is 37.4 Å². The number of benzene rings is 1. The van der Waals surface area contributed by atoms with Gasteiger partial charge in [0.1, 0.15) is 0 Å². The molecule has 1 unspecified atom stereocenters. The van der Waals surface area contributed by atoms with Crippen LogP contribution >= 0.6 is 0 Å². The quantitative estimate of drug-likeness (QED) is 0.926. The first-order chi connectivity index (χ1) is 10.2. The minimum atomic E-state index is -0.792. The smallest absolute Gasteiger partial charge is 0.336 e. The second kappa shape index (κ2) is 5.02. The highest BCUT2D eigenvalue weighted by Gasteiger charge is 2.37. The molecular weight excluding hydrogens is 264 g/mol. The second-order valence-electron chi connectivity index (χ2n) is 6.57. The third kappa shape index (κ3) is 2.31. The van der Waals surface area contributed by atoms with Crippen LogP contribution in [0.5, 0.6) is 0 Å². The lowest BCUT2D eigenvalue weighted by Crippen LogP contribution is -2.41. The number of nitrogens with zero attached hydrogens (tertiary/aromatic N) is 2. The van der Waals surface area contributed by atoms with Crippen molar-refractivity contribution < 1.29 is 9.90 Å². The third-order valence-electron chi connectivity index (χ3n) is 5.22. The van der Waals surface area contributed by atoms with E-state index in [1.54, 1.807) is 6.07 Å². The Morgan fingerprint density at radius 3 is 2.76 bits per heavy atom. The summed E-state index contributed by atoms with van der Waals surface area (Å²) in [5, 5.41) is 9.39. The number of likely N-dealkylation sites (tertiary alicyclic amines) is 1. The summed E-state index contributed by atoms with van der Waals surface area (Å²) in [5.74, 6) is -0.792. The molecule has 1 aliphatic carbocycles. The molecule has 4 nitrogen and oxygen atoms in total. The Bertz CT molecular complexity index is 568. The molecule has 1 saturated heterocycles. The average Bonchev–Trinajstić information content (AvgIpc) is 3.23. The lowest BCUT2D eigenvalue weighted by molar-refractivity contribution is 0.0695. The summed E-state index contributed by atoms with van der Waals surface area (Å²) in [4.78, 5) is 16.5. The number of fused-ring (bicyclic) bond motifs is 1. The zero-order valence-corrected chi connectivity index (χ0v) is 12.3. The first-order valence-electron chi connectivity index (χ1n) is 8.10. The van der Waals surface area contributed by atoms with Crippen LogP contribution in [0.1, 0.15) is 41.6 Å². The molecule has 2 heterocycles. The number of rotatable bonds is 3. The first kappa shape index (κ1) is 13.1. The predicted octanol–water partition coefficient (Wildman–Crippen LogP) is 2.37. The van der Waals surface area contributed by atoms with Crippen molar-refractivity contribution in [2.45, 2.75) is 44.2 Å². The van der Waals surface area contributed by atoms with Crippen LogP contribution in [0.15, 0.2) is 18.2 Å². The van der Waals surface area contributed by atoms with Crippen molar-refractivity contribution in [1.29, 1.82) is 0 Å². The topological polar surface area (TPSA) is 43.8 Å². The lowest BCUT2D eigenvalue weighted by atomic mass is 9.95. The Balaban J connectivity index is 1.61. The summed E-state index contributed by atoms with van der Waals surface area (Å²) >= 11 is 0. The molecule has 2 aliphatic heterocycles. The maximum Gasteiger partial charge on any atom is 0.336 e. The van der Waals surface area contributed by atoms with Gasteiger partial charge in [-0.05, 0) is 49.8 Å². The van der Waals surface area contributed by atoms with E-state index < -0.39 is 5.97 Å². The van der Waals surface area contributed by atoms with Crippen molar-refractivity contribution in [3.8, 4) is 0 Å². The van der Waals surface area contributed by atoms with Crippen LogP contribution in [0, 0.1) is 0 Å². The van der Waals surface area contributed by atoms with E-state index in [4.69, 9.17) is 0 Å². The molecule has 0 aromatic heterocycles. The van der Waals surface area contributed by atoms with E-state index >= 15 is 0 Å². The van der Waals surface area contributed by atoms with Crippen LogP contribution in [0.2, 0.25) is 0 Å². The highest BCUT2D eigenvalue weighted by Crippen LogP contribution is 2.36. The first-order valence-corrected chi connectivity index (χ1v) is 8.10. The monoisotopic (exact) mass is 286 g/mol. The van der Waals surface area contributed by atoms with Gasteiger partial charge in [-0.15, -0.1) is 0 Å². The highest BCUT2D eigenvalue weighted by atomic mass is 16.4. The molecule has 1 aromatic carbocycles. The van der Waals surface area contributed by atoms with E-state index in [0.717, 1.165) is 37.5 Å². The minimum Gasteiger partial charge on any atom is -0.478 e. The molecule has 21 heavy (non-hydrogen) atoms. The Morgan fingerprint density at radius 1 is 1.14 bits per heavy atom. The average molecular weight is 286 g/mol. The van der Waals surface area contributed by atoms with Crippen molar-refractivity contribution >= 4 is 11.7 Å². The van der Waals surface area contributed by atoms with Crippen LogP contribution in [0.25, 0.3) is 0 Å². The maximum absolute atomic E-state index is 11.4. The Kier molecular flexibility index (Phi) is 3.14. The third-order valence-corrected chi connectivity index (χ3v) is 5.22. The van der Waals surface area contributed by atoms with Gasteiger partial charge in [-0.25, -0.2) is 4.79 Å². The van der Waals surface area contributed by atoms with Gasteiger partial charge in [0.25, 0.3) is 0 Å². The summed E-state index contributed by atoms with van der Waals surface area (Å²) in [6.45, 7) is 3.43. The summed E-state index contributed by atoms with van der Waals surface area (Å²) in [5.41, 5.74) is 2.71. The molecule has 0 bridgehead atoms. The molecule has 1 aromatic rings. The Morgan fingerprint density at radius 2 is 2.00 bits per heavy atom. The molecule has 4 rings (SSSR count). The molecule has 1 saturated carbocycles. The largest absolute Gasteiger partial charge is 0.478 e. The number of carboxylic acid groups (broad SMARTS) is 1. The van der Waals surface area contributed by atoms with Gasteiger partial charge in [-0.2, -0.15) is 0 Å². The van der Waals surface area contributed by atoms with E-state index in [-0.39, 0.29) is 0 Å². The summed E-state index contributed by atoms with van der Waals surface area (Å²) in [6.07, 6.45) is 5.91. The molecule has 0 radical (unpaired) electrons. The summed E-state index contributed by atoms with van der Waals surface area (Å²) < 4.78 is 0. The van der Waals surface area contributed by atoms with E-state index in [1.165, 1.54) is 31.5 Å². The fourth-order valence-corrected chi connectivity index (χ4v) is 4.03. The zero-order chi connectivity index (χ0) is 14.4. The molecule has 1 atom stereocenters. The minimum absolute atomic E-state index is 0.495. The number of carboxylic acids is 1. The van der Waals surface area contributed by atoms with Crippen LogP contribution < -0.4 is 4.90 Å². The maximum atomic E-state index is 11.4. The molecule has 1 N–H and O–H groups in total. The Labute approximate surface area is 125 Å². The van der Waals surface area contributed by atoms with Crippen LogP contribution in [0.3, 0.4) is 0 Å². The molecule has 0 amide bonds. The van der Waals surface area contributed by atoms with Crippen molar-refractivity contribution in [2.24, 2.45) is 0 Å². The van der Waals surface area contributed by atoms with E-state index in [9.17, 15) is 9.90 Å². The normalized spacial score (nSPS) is 25.9. The second-order valence-corrected chi connectivity index (χ2v) is 6.57. The van der Waals surface area contributed by atoms with Crippen LogP contribution in [0.4, 0.5) is 5.69 Å². The van der Waals surface area contributed by atoms with Crippen LogP contribution in [-0.2, 0) is 6.42 Å². The van der Waals surface area contributed by atoms with Gasteiger partial charge >= 0.3 is 5.97 Å². The molecule has 4 heteroatoms. The number of aromatic carboxylic acids is 1. The number of anilines is 1. The number of hydrogen-bond donors (Lipinski definition) is 1. The fraction of sp³-hybridized carbons (Fsp3) is 0.588.